The Morgan fingerprint density at radius 3 is 2.88 bits per heavy atom. The maximum Gasteiger partial charge on any atom is 0.0950 e. The first-order valence-corrected chi connectivity index (χ1v) is 5.98. The fraction of sp³-hybridized carbons (Fsp3) is 0.538. The van der Waals surface area contributed by atoms with Crippen LogP contribution in [0.1, 0.15) is 5.56 Å². The van der Waals surface area contributed by atoms with Gasteiger partial charge >= 0.3 is 0 Å². The quantitative estimate of drug-likeness (QED) is 0.662. The number of hydrogen-bond donors (Lipinski definition) is 3. The van der Waals surface area contributed by atoms with E-state index < -0.39 is 5.60 Å². The molecule has 0 radical (unpaired) electrons. The monoisotopic (exact) mass is 218 g/mol. The van der Waals surface area contributed by atoms with Crippen LogP contribution >= 0.6 is 0 Å². The van der Waals surface area contributed by atoms with Crippen molar-refractivity contribution in [1.29, 1.82) is 0 Å². The number of β-amino-alcohol motifs (C(OH)–C–C–N with tert-alkyl or cyclic N) is 1. The molecule has 2 heterocycles. The van der Waals surface area contributed by atoms with Gasteiger partial charge in [0.1, 0.15) is 0 Å². The first-order chi connectivity index (χ1) is 7.78. The summed E-state index contributed by atoms with van der Waals surface area (Å²) in [5.41, 5.74) is 0.829. The number of aliphatic hydroxyl groups is 1. The molecule has 3 unspecified atom stereocenters. The number of fused-ring (bicyclic) bond motifs is 1. The highest BCUT2D eigenvalue weighted by molar-refractivity contribution is 5.19. The zero-order chi connectivity index (χ0) is 11.0. The van der Waals surface area contributed by atoms with Crippen molar-refractivity contribution in [3.63, 3.8) is 0 Å². The Morgan fingerprint density at radius 2 is 2.06 bits per heavy atom. The largest absolute Gasteiger partial charge is 0.387 e. The average molecular weight is 218 g/mol. The highest BCUT2D eigenvalue weighted by Crippen LogP contribution is 2.31. The minimum absolute atomic E-state index is 0.354. The van der Waals surface area contributed by atoms with Gasteiger partial charge in [-0.3, -0.25) is 0 Å². The van der Waals surface area contributed by atoms with Crippen LogP contribution in [0.25, 0.3) is 0 Å². The number of benzene rings is 1. The molecule has 3 atom stereocenters. The predicted octanol–water partition coefficient (Wildman–Crippen LogP) is 0.151. The molecule has 86 valence electrons. The van der Waals surface area contributed by atoms with E-state index in [1.807, 2.05) is 6.07 Å². The van der Waals surface area contributed by atoms with E-state index in [-0.39, 0.29) is 0 Å². The zero-order valence-corrected chi connectivity index (χ0v) is 9.32. The maximum atomic E-state index is 10.4. The summed E-state index contributed by atoms with van der Waals surface area (Å²) >= 11 is 0. The van der Waals surface area contributed by atoms with E-state index in [1.54, 1.807) is 0 Å². The summed E-state index contributed by atoms with van der Waals surface area (Å²) in [5.74, 6) is 0.354. The van der Waals surface area contributed by atoms with E-state index in [9.17, 15) is 5.11 Å². The van der Waals surface area contributed by atoms with Crippen molar-refractivity contribution in [3.05, 3.63) is 35.9 Å². The van der Waals surface area contributed by atoms with Gasteiger partial charge in [-0.05, 0) is 12.0 Å². The molecule has 0 saturated carbocycles. The third kappa shape index (κ3) is 1.65. The number of hydrogen-bond acceptors (Lipinski definition) is 3. The normalized spacial score (nSPS) is 37.6. The van der Waals surface area contributed by atoms with Gasteiger partial charge < -0.3 is 15.7 Å². The summed E-state index contributed by atoms with van der Waals surface area (Å²) in [6.07, 6.45) is 1.01. The van der Waals surface area contributed by atoms with Gasteiger partial charge in [0.25, 0.3) is 0 Å². The number of nitrogens with one attached hydrogen (secondary N) is 2. The molecule has 2 saturated heterocycles. The molecule has 0 bridgehead atoms. The summed E-state index contributed by atoms with van der Waals surface area (Å²) in [6, 6.07) is 10.9. The van der Waals surface area contributed by atoms with Gasteiger partial charge in [0.05, 0.1) is 5.60 Å². The number of rotatable bonds is 2. The highest BCUT2D eigenvalue weighted by atomic mass is 16.3. The van der Waals surface area contributed by atoms with E-state index in [4.69, 9.17) is 0 Å². The molecular weight excluding hydrogens is 200 g/mol. The topological polar surface area (TPSA) is 44.3 Å². The van der Waals surface area contributed by atoms with Crippen LogP contribution in [-0.4, -0.2) is 36.4 Å². The van der Waals surface area contributed by atoms with Gasteiger partial charge in [0.2, 0.25) is 0 Å². The van der Waals surface area contributed by atoms with Crippen LogP contribution in [0.3, 0.4) is 0 Å². The zero-order valence-electron chi connectivity index (χ0n) is 9.32. The van der Waals surface area contributed by atoms with Crippen LogP contribution in [0.4, 0.5) is 0 Å². The predicted molar refractivity (Wildman–Crippen MR) is 63.2 cm³/mol. The summed E-state index contributed by atoms with van der Waals surface area (Å²) in [5, 5.41) is 17.1. The highest BCUT2D eigenvalue weighted by Gasteiger charge is 2.49. The van der Waals surface area contributed by atoms with Crippen molar-refractivity contribution in [2.24, 2.45) is 5.92 Å². The molecule has 16 heavy (non-hydrogen) atoms. The molecule has 0 aromatic heterocycles. The lowest BCUT2D eigenvalue weighted by atomic mass is 9.87. The Hall–Kier alpha value is -0.900. The molecule has 3 heteroatoms. The smallest absolute Gasteiger partial charge is 0.0950 e. The standard InChI is InChI=1S/C13H18N2O/c16-13-8-14-7-11(13)12(15-9-13)6-10-4-2-1-3-5-10/h1-5,11-12,14-16H,6-9H2. The first-order valence-electron chi connectivity index (χ1n) is 5.98. The molecule has 0 amide bonds. The summed E-state index contributed by atoms with van der Waals surface area (Å²) in [4.78, 5) is 0. The molecule has 3 nitrogen and oxygen atoms in total. The fourth-order valence-corrected chi connectivity index (χ4v) is 3.01. The second-order valence-corrected chi connectivity index (χ2v) is 5.02. The van der Waals surface area contributed by atoms with E-state index in [0.29, 0.717) is 12.0 Å². The van der Waals surface area contributed by atoms with Crippen molar-refractivity contribution >= 4 is 0 Å². The van der Waals surface area contributed by atoms with Crippen molar-refractivity contribution in [1.82, 2.24) is 10.6 Å². The van der Waals surface area contributed by atoms with E-state index >= 15 is 0 Å². The van der Waals surface area contributed by atoms with Gasteiger partial charge in [-0.1, -0.05) is 30.3 Å². The Balaban J connectivity index is 1.73. The molecule has 2 aliphatic heterocycles. The lowest BCUT2D eigenvalue weighted by Crippen LogP contribution is -2.38. The lowest BCUT2D eigenvalue weighted by molar-refractivity contribution is 0.0474. The van der Waals surface area contributed by atoms with Crippen molar-refractivity contribution in [2.75, 3.05) is 19.6 Å². The fourth-order valence-electron chi connectivity index (χ4n) is 3.01. The van der Waals surface area contributed by atoms with E-state index in [1.165, 1.54) is 5.56 Å². The Bertz CT molecular complexity index is 367. The molecule has 3 rings (SSSR count). The first kappa shape index (κ1) is 10.3. The SMILES string of the molecule is OC12CNCC1C(Cc1ccccc1)NC2. The van der Waals surface area contributed by atoms with Gasteiger partial charge in [0.15, 0.2) is 0 Å². The minimum Gasteiger partial charge on any atom is -0.387 e. The maximum absolute atomic E-state index is 10.4. The van der Waals surface area contributed by atoms with Crippen LogP contribution in [0, 0.1) is 5.92 Å². The molecule has 3 N–H and O–H groups in total. The van der Waals surface area contributed by atoms with Gasteiger partial charge in [-0.2, -0.15) is 0 Å². The molecule has 1 aromatic carbocycles. The second-order valence-electron chi connectivity index (χ2n) is 5.02. The average Bonchev–Trinajstić information content (AvgIpc) is 2.80. The Kier molecular flexibility index (Phi) is 2.46. The third-order valence-corrected chi connectivity index (χ3v) is 3.94. The van der Waals surface area contributed by atoms with Crippen molar-refractivity contribution in [3.8, 4) is 0 Å². The molecule has 1 aromatic rings. The van der Waals surface area contributed by atoms with Crippen LogP contribution in [0.2, 0.25) is 0 Å². The summed E-state index contributed by atoms with van der Waals surface area (Å²) in [6.45, 7) is 2.39. The van der Waals surface area contributed by atoms with Crippen LogP contribution in [0.5, 0.6) is 0 Å². The van der Waals surface area contributed by atoms with Gasteiger partial charge in [0, 0.05) is 31.6 Å². The molecule has 0 aliphatic carbocycles. The summed E-state index contributed by atoms with van der Waals surface area (Å²) < 4.78 is 0. The summed E-state index contributed by atoms with van der Waals surface area (Å²) in [7, 11) is 0. The van der Waals surface area contributed by atoms with Gasteiger partial charge in [-0.15, -0.1) is 0 Å². The third-order valence-electron chi connectivity index (χ3n) is 3.94. The van der Waals surface area contributed by atoms with Crippen LogP contribution in [0.15, 0.2) is 30.3 Å². The molecular formula is C13H18N2O. The van der Waals surface area contributed by atoms with Crippen molar-refractivity contribution < 1.29 is 5.11 Å². The Labute approximate surface area is 95.9 Å². The Morgan fingerprint density at radius 1 is 1.25 bits per heavy atom. The molecule has 2 aliphatic rings. The van der Waals surface area contributed by atoms with E-state index in [2.05, 4.69) is 34.9 Å². The van der Waals surface area contributed by atoms with Gasteiger partial charge in [-0.25, -0.2) is 0 Å². The van der Waals surface area contributed by atoms with Crippen LogP contribution in [-0.2, 0) is 6.42 Å². The molecule has 2 fully saturated rings. The van der Waals surface area contributed by atoms with E-state index in [0.717, 1.165) is 26.1 Å². The minimum atomic E-state index is -0.514. The van der Waals surface area contributed by atoms with Crippen molar-refractivity contribution in [2.45, 2.75) is 18.1 Å². The van der Waals surface area contributed by atoms with Crippen LogP contribution < -0.4 is 10.6 Å². The molecule has 0 spiro atoms. The second kappa shape index (κ2) is 3.84. The lowest BCUT2D eigenvalue weighted by Gasteiger charge is -2.22.